The summed E-state index contributed by atoms with van der Waals surface area (Å²) in [5.74, 6) is 0.535. The molecule has 2 aliphatic heterocycles. The van der Waals surface area contributed by atoms with Gasteiger partial charge in [-0.2, -0.15) is 0 Å². The largest absolute Gasteiger partial charge is 0.392 e. The van der Waals surface area contributed by atoms with E-state index in [9.17, 15) is 19.8 Å². The van der Waals surface area contributed by atoms with Gasteiger partial charge in [0, 0.05) is 39.9 Å². The monoisotopic (exact) mass is 631 g/mol. The average Bonchev–Trinajstić information content (AvgIpc) is 3.52. The smallest absolute Gasteiger partial charge is 0.169 e. The van der Waals surface area contributed by atoms with Gasteiger partial charge in [0.15, 0.2) is 5.78 Å². The van der Waals surface area contributed by atoms with Gasteiger partial charge < -0.3 is 24.7 Å². The molecule has 3 heterocycles. The van der Waals surface area contributed by atoms with Crippen molar-refractivity contribution in [3.05, 3.63) is 34.5 Å². The quantitative estimate of drug-likeness (QED) is 0.363. The minimum atomic E-state index is -1.10. The summed E-state index contributed by atoms with van der Waals surface area (Å²) in [6, 6.07) is 4.16. The zero-order valence-electron chi connectivity index (χ0n) is 29.2. The predicted molar refractivity (Wildman–Crippen MR) is 176 cm³/mol. The van der Waals surface area contributed by atoms with E-state index in [1.54, 1.807) is 20.8 Å². The summed E-state index contributed by atoms with van der Waals surface area (Å²) < 4.78 is 13.1. The summed E-state index contributed by atoms with van der Waals surface area (Å²) in [4.78, 5) is 32.1. The van der Waals surface area contributed by atoms with Gasteiger partial charge >= 0.3 is 0 Å². The van der Waals surface area contributed by atoms with Crippen molar-refractivity contribution in [2.24, 2.45) is 34.5 Å². The van der Waals surface area contributed by atoms with Crippen molar-refractivity contribution in [3.8, 4) is 0 Å². The Bertz CT molecular complexity index is 1680. The second kappa shape index (κ2) is 9.13. The molecule has 1 aromatic carbocycles. The highest BCUT2D eigenvalue weighted by Gasteiger charge is 2.72. The lowest BCUT2D eigenvalue weighted by Gasteiger charge is -2.67. The Kier molecular flexibility index (Phi) is 6.20. The van der Waals surface area contributed by atoms with Crippen LogP contribution in [0.15, 0.2) is 12.1 Å². The first-order valence-electron chi connectivity index (χ1n) is 17.8. The van der Waals surface area contributed by atoms with Crippen molar-refractivity contribution >= 4 is 22.5 Å². The van der Waals surface area contributed by atoms with E-state index in [0.717, 1.165) is 43.2 Å². The molecule has 7 nitrogen and oxygen atoms in total. The van der Waals surface area contributed by atoms with Crippen LogP contribution in [0, 0.1) is 34.5 Å². The summed E-state index contributed by atoms with van der Waals surface area (Å²) >= 11 is 0. The summed E-state index contributed by atoms with van der Waals surface area (Å²) in [6.45, 7) is 18.3. The average molecular weight is 632 g/mol. The number of carbonyl (C=O) groups is 2. The molecule has 2 saturated heterocycles. The number of aliphatic hydroxyl groups excluding tert-OH is 1. The molecule has 10 atom stereocenters. The molecule has 4 aliphatic carbocycles. The number of benzene rings is 1. The van der Waals surface area contributed by atoms with Crippen molar-refractivity contribution in [1.82, 2.24) is 4.98 Å². The zero-order valence-corrected chi connectivity index (χ0v) is 29.2. The van der Waals surface area contributed by atoms with E-state index in [1.807, 2.05) is 6.07 Å². The van der Waals surface area contributed by atoms with Crippen molar-refractivity contribution in [1.29, 1.82) is 0 Å². The van der Waals surface area contributed by atoms with Crippen molar-refractivity contribution in [2.45, 2.75) is 148 Å². The lowest BCUT2D eigenvalue weighted by Crippen LogP contribution is -2.71. The van der Waals surface area contributed by atoms with Crippen molar-refractivity contribution in [2.75, 3.05) is 0 Å². The molecule has 4 fully saturated rings. The lowest BCUT2D eigenvalue weighted by atomic mass is 9.38. The SMILES string of the molecule is CC(=O)[C@@]12C(CC[C@@]3(C)C1CCC1Cc4c([nH]c5ccc6c(c45)CC4C(C6=O)C(C)(C)OC4(C)C)[C@@]13C)O[C@H](C(C)(C)O)C[C@H]2O. The molecule has 1 aromatic heterocycles. The predicted octanol–water partition coefficient (Wildman–Crippen LogP) is 6.23. The number of carbonyl (C=O) groups excluding carboxylic acids is 2. The van der Waals surface area contributed by atoms with Crippen LogP contribution in [0.2, 0.25) is 0 Å². The number of Topliss-reactive ketones (excluding diaryl/α,β-unsaturated/α-hetero) is 2. The second-order valence-corrected chi connectivity index (χ2v) is 18.2. The number of ether oxygens (including phenoxy) is 2. The van der Waals surface area contributed by atoms with Gasteiger partial charge in [-0.3, -0.25) is 9.59 Å². The van der Waals surface area contributed by atoms with Gasteiger partial charge in [0.25, 0.3) is 0 Å². The molecule has 0 spiro atoms. The fourth-order valence-corrected chi connectivity index (χ4v) is 12.9. The molecule has 2 aromatic rings. The fourth-order valence-electron chi connectivity index (χ4n) is 12.9. The van der Waals surface area contributed by atoms with Crippen LogP contribution in [0.25, 0.3) is 10.9 Å². The molecule has 0 amide bonds. The standard InChI is InChI=1S/C39H53NO6/c1-19(41)39-26-13-10-20-16-23-30-22-17-24-31(36(6,7)46-35(24,4)5)32(43)21(22)11-12-25(30)40-33(23)38(20,9)37(26,8)15-14-28(39)45-29(18-27(39)42)34(2,3)44/h11-12,20,24,26-29,31,40,42,44H,10,13-18H2,1-9H3/t20?,24?,26?,27-,28?,29+,31?,37+,38-,39-/m1/s1. The number of ketones is 2. The van der Waals surface area contributed by atoms with Gasteiger partial charge in [-0.25, -0.2) is 0 Å². The van der Waals surface area contributed by atoms with Gasteiger partial charge in [0.05, 0.1) is 46.4 Å². The molecule has 46 heavy (non-hydrogen) atoms. The number of H-pyrrole nitrogens is 1. The molecule has 6 aliphatic rings. The Morgan fingerprint density at radius 1 is 1.00 bits per heavy atom. The molecule has 0 bridgehead atoms. The van der Waals surface area contributed by atoms with E-state index in [1.165, 1.54) is 22.2 Å². The summed E-state index contributed by atoms with van der Waals surface area (Å²) in [6.07, 6.45) is 3.61. The number of fused-ring (bicyclic) bond motifs is 12. The normalized spacial score (nSPS) is 43.7. The number of hydrogen-bond acceptors (Lipinski definition) is 6. The van der Waals surface area contributed by atoms with Crippen LogP contribution in [-0.4, -0.2) is 61.9 Å². The molecular weight excluding hydrogens is 578 g/mol. The van der Waals surface area contributed by atoms with E-state index >= 15 is 0 Å². The number of rotatable bonds is 2. The molecular formula is C39H53NO6. The highest BCUT2D eigenvalue weighted by molar-refractivity contribution is 6.06. The molecule has 5 unspecified atom stereocenters. The maximum atomic E-state index is 14.2. The van der Waals surface area contributed by atoms with Gasteiger partial charge in [0.2, 0.25) is 0 Å². The van der Waals surface area contributed by atoms with Crippen LogP contribution < -0.4 is 0 Å². The first kappa shape index (κ1) is 31.2. The summed E-state index contributed by atoms with van der Waals surface area (Å²) in [7, 11) is 0. The summed E-state index contributed by atoms with van der Waals surface area (Å²) in [5, 5.41) is 24.1. The molecule has 0 radical (unpaired) electrons. The lowest BCUT2D eigenvalue weighted by molar-refractivity contribution is -0.275. The number of aromatic amines is 1. The second-order valence-electron chi connectivity index (χ2n) is 18.2. The van der Waals surface area contributed by atoms with Crippen LogP contribution in [0.1, 0.15) is 122 Å². The van der Waals surface area contributed by atoms with Gasteiger partial charge in [-0.05, 0) is 128 Å². The molecule has 2 saturated carbocycles. The Labute approximate surface area is 273 Å². The molecule has 3 N–H and O–H groups in total. The van der Waals surface area contributed by atoms with E-state index in [4.69, 9.17) is 9.47 Å². The fraction of sp³-hybridized carbons (Fsp3) is 0.744. The third-order valence-electron chi connectivity index (χ3n) is 15.0. The van der Waals surface area contributed by atoms with Gasteiger partial charge in [0.1, 0.15) is 5.78 Å². The number of nitrogens with one attached hydrogen (secondary N) is 1. The topological polar surface area (TPSA) is 109 Å². The highest BCUT2D eigenvalue weighted by Crippen LogP contribution is 2.72. The van der Waals surface area contributed by atoms with Crippen LogP contribution in [0.4, 0.5) is 0 Å². The molecule has 250 valence electrons. The third-order valence-corrected chi connectivity index (χ3v) is 15.0. The minimum Gasteiger partial charge on any atom is -0.392 e. The first-order chi connectivity index (χ1) is 21.3. The third kappa shape index (κ3) is 3.54. The van der Waals surface area contributed by atoms with Crippen molar-refractivity contribution in [3.63, 3.8) is 0 Å². The van der Waals surface area contributed by atoms with E-state index in [-0.39, 0.29) is 46.6 Å². The van der Waals surface area contributed by atoms with Crippen LogP contribution in [-0.2, 0) is 32.5 Å². The van der Waals surface area contributed by atoms with E-state index < -0.39 is 40.5 Å². The Morgan fingerprint density at radius 3 is 2.39 bits per heavy atom. The van der Waals surface area contributed by atoms with Gasteiger partial charge in [-0.15, -0.1) is 0 Å². The highest BCUT2D eigenvalue weighted by atomic mass is 16.5. The first-order valence-corrected chi connectivity index (χ1v) is 17.8. The number of aliphatic hydroxyl groups is 2. The Hall–Kier alpha value is -2.06. The summed E-state index contributed by atoms with van der Waals surface area (Å²) in [5.41, 5.74) is 2.25. The number of aromatic nitrogens is 1. The van der Waals surface area contributed by atoms with E-state index in [2.05, 4.69) is 52.6 Å². The maximum absolute atomic E-state index is 14.2. The zero-order chi connectivity index (χ0) is 33.1. The molecule has 7 heteroatoms. The van der Waals surface area contributed by atoms with Crippen molar-refractivity contribution < 1.29 is 29.3 Å². The molecule has 8 rings (SSSR count). The van der Waals surface area contributed by atoms with Crippen LogP contribution in [0.3, 0.4) is 0 Å². The van der Waals surface area contributed by atoms with Crippen LogP contribution >= 0.6 is 0 Å². The Morgan fingerprint density at radius 2 is 1.72 bits per heavy atom. The number of hydrogen-bond donors (Lipinski definition) is 3. The maximum Gasteiger partial charge on any atom is 0.169 e. The van der Waals surface area contributed by atoms with Gasteiger partial charge in [-0.1, -0.05) is 13.8 Å². The van der Waals surface area contributed by atoms with E-state index in [0.29, 0.717) is 12.3 Å². The Balaban J connectivity index is 1.26. The van der Waals surface area contributed by atoms with Crippen LogP contribution in [0.5, 0.6) is 0 Å². The minimum absolute atomic E-state index is 0.0125.